The van der Waals surface area contributed by atoms with Crippen LogP contribution in [0.5, 0.6) is 0 Å². The first kappa shape index (κ1) is 11.1. The summed E-state index contributed by atoms with van der Waals surface area (Å²) in [6, 6.07) is 8.81. The van der Waals surface area contributed by atoms with E-state index >= 15 is 0 Å². The highest BCUT2D eigenvalue weighted by Gasteiger charge is 2.21. The van der Waals surface area contributed by atoms with Crippen LogP contribution < -0.4 is 0 Å². The normalized spacial score (nSPS) is 10.6. The van der Waals surface area contributed by atoms with Crippen LogP contribution in [0.15, 0.2) is 30.3 Å². The van der Waals surface area contributed by atoms with Gasteiger partial charge in [0.2, 0.25) is 0 Å². The van der Waals surface area contributed by atoms with Gasteiger partial charge in [0.25, 0.3) is 0 Å². The highest BCUT2D eigenvalue weighted by atomic mass is 16.5. The molecule has 0 atom stereocenters. The maximum Gasteiger partial charge on any atom is 0.189 e. The Hall–Kier alpha value is -0.860. The lowest BCUT2D eigenvalue weighted by atomic mass is 10.0. The second kappa shape index (κ2) is 4.24. The number of hydrogen-bond donors (Lipinski definition) is 2. The average Bonchev–Trinajstić information content (AvgIpc) is 2.06. The molecule has 2 heteroatoms. The van der Waals surface area contributed by atoms with Crippen molar-refractivity contribution in [2.75, 3.05) is 0 Å². The molecule has 0 heterocycles. The molecular formula is C10H16O2. The first-order chi connectivity index (χ1) is 5.17. The zero-order chi connectivity index (χ0) is 8.32. The molecule has 0 bridgehead atoms. The minimum atomic E-state index is -1.67. The number of hydrogen-bond acceptors (Lipinski definition) is 2. The van der Waals surface area contributed by atoms with Gasteiger partial charge in [-0.05, 0) is 0 Å². The van der Waals surface area contributed by atoms with E-state index in [0.717, 1.165) is 0 Å². The second-order valence-corrected chi connectivity index (χ2v) is 2.54. The molecule has 0 saturated carbocycles. The SMILES string of the molecule is C.CCC(O)(O)c1ccccc1. The Morgan fingerprint density at radius 3 is 2.08 bits per heavy atom. The van der Waals surface area contributed by atoms with Crippen LogP contribution >= 0.6 is 0 Å². The molecule has 0 aromatic heterocycles. The van der Waals surface area contributed by atoms with Crippen LogP contribution in [0.4, 0.5) is 0 Å². The van der Waals surface area contributed by atoms with Gasteiger partial charge in [0.05, 0.1) is 0 Å². The number of benzene rings is 1. The van der Waals surface area contributed by atoms with Gasteiger partial charge in [-0.25, -0.2) is 0 Å². The van der Waals surface area contributed by atoms with Crippen LogP contribution in [0.2, 0.25) is 0 Å². The Balaban J connectivity index is 0.00000121. The first-order valence-electron chi connectivity index (χ1n) is 3.67. The molecule has 0 radical (unpaired) electrons. The lowest BCUT2D eigenvalue weighted by Gasteiger charge is -2.19. The minimum Gasteiger partial charge on any atom is -0.362 e. The molecule has 12 heavy (non-hydrogen) atoms. The van der Waals surface area contributed by atoms with Gasteiger partial charge in [-0.1, -0.05) is 44.7 Å². The number of rotatable bonds is 2. The Morgan fingerprint density at radius 2 is 1.67 bits per heavy atom. The van der Waals surface area contributed by atoms with Crippen molar-refractivity contribution in [2.45, 2.75) is 26.6 Å². The lowest BCUT2D eigenvalue weighted by Crippen LogP contribution is -2.23. The van der Waals surface area contributed by atoms with Crippen molar-refractivity contribution in [1.29, 1.82) is 0 Å². The Morgan fingerprint density at radius 1 is 1.17 bits per heavy atom. The summed E-state index contributed by atoms with van der Waals surface area (Å²) in [7, 11) is 0. The summed E-state index contributed by atoms with van der Waals surface area (Å²) in [6.45, 7) is 1.73. The molecule has 2 nitrogen and oxygen atoms in total. The summed E-state index contributed by atoms with van der Waals surface area (Å²) in [6.07, 6.45) is 0.303. The number of aliphatic hydroxyl groups is 2. The third kappa shape index (κ3) is 2.32. The maximum absolute atomic E-state index is 9.35. The monoisotopic (exact) mass is 168 g/mol. The third-order valence-corrected chi connectivity index (χ3v) is 1.73. The molecule has 0 amide bonds. The standard InChI is InChI=1S/C9H12O2.CH4/c1-2-9(10,11)8-6-4-3-5-7-8;/h3-7,10-11H,2H2,1H3;1H4. The smallest absolute Gasteiger partial charge is 0.189 e. The lowest BCUT2D eigenvalue weighted by molar-refractivity contribution is -0.171. The fourth-order valence-electron chi connectivity index (χ4n) is 0.909. The van der Waals surface area contributed by atoms with E-state index in [4.69, 9.17) is 0 Å². The summed E-state index contributed by atoms with van der Waals surface area (Å²) < 4.78 is 0. The largest absolute Gasteiger partial charge is 0.362 e. The molecule has 0 fully saturated rings. The van der Waals surface area contributed by atoms with Crippen molar-refractivity contribution in [1.82, 2.24) is 0 Å². The highest BCUT2D eigenvalue weighted by Crippen LogP contribution is 2.20. The van der Waals surface area contributed by atoms with E-state index in [1.165, 1.54) is 0 Å². The molecule has 1 aromatic rings. The van der Waals surface area contributed by atoms with E-state index in [1.54, 1.807) is 31.2 Å². The third-order valence-electron chi connectivity index (χ3n) is 1.73. The van der Waals surface area contributed by atoms with Gasteiger partial charge in [-0.3, -0.25) is 0 Å². The molecule has 1 aromatic carbocycles. The van der Waals surface area contributed by atoms with Crippen LogP contribution in [0.25, 0.3) is 0 Å². The second-order valence-electron chi connectivity index (χ2n) is 2.54. The van der Waals surface area contributed by atoms with Gasteiger partial charge in [0.15, 0.2) is 5.79 Å². The molecule has 1 rings (SSSR count). The van der Waals surface area contributed by atoms with Crippen molar-refractivity contribution >= 4 is 0 Å². The molecular weight excluding hydrogens is 152 g/mol. The minimum absolute atomic E-state index is 0. The summed E-state index contributed by atoms with van der Waals surface area (Å²) in [5, 5.41) is 18.7. The summed E-state index contributed by atoms with van der Waals surface area (Å²) in [5.41, 5.74) is 0.544. The van der Waals surface area contributed by atoms with Crippen molar-refractivity contribution in [3.05, 3.63) is 35.9 Å². The zero-order valence-corrected chi connectivity index (χ0v) is 6.49. The van der Waals surface area contributed by atoms with Crippen molar-refractivity contribution in [3.63, 3.8) is 0 Å². The zero-order valence-electron chi connectivity index (χ0n) is 6.49. The Kier molecular flexibility index (Phi) is 3.93. The van der Waals surface area contributed by atoms with Gasteiger partial charge in [-0.15, -0.1) is 0 Å². The summed E-state index contributed by atoms with van der Waals surface area (Å²) >= 11 is 0. The van der Waals surface area contributed by atoms with Gasteiger partial charge in [-0.2, -0.15) is 0 Å². The van der Waals surface area contributed by atoms with E-state index in [1.807, 2.05) is 6.07 Å². The molecule has 0 spiro atoms. The topological polar surface area (TPSA) is 40.5 Å². The van der Waals surface area contributed by atoms with Crippen LogP contribution in [0.3, 0.4) is 0 Å². The van der Waals surface area contributed by atoms with Gasteiger partial charge < -0.3 is 10.2 Å². The Bertz CT molecular complexity index is 217. The van der Waals surface area contributed by atoms with Gasteiger partial charge in [0, 0.05) is 12.0 Å². The van der Waals surface area contributed by atoms with Crippen molar-refractivity contribution in [2.24, 2.45) is 0 Å². The quantitative estimate of drug-likeness (QED) is 0.662. The van der Waals surface area contributed by atoms with E-state index in [0.29, 0.717) is 12.0 Å². The average molecular weight is 168 g/mol. The van der Waals surface area contributed by atoms with Crippen LogP contribution in [0.1, 0.15) is 26.3 Å². The summed E-state index contributed by atoms with van der Waals surface area (Å²) in [4.78, 5) is 0. The predicted molar refractivity (Wildman–Crippen MR) is 49.6 cm³/mol. The molecule has 0 aliphatic heterocycles. The van der Waals surface area contributed by atoms with E-state index in [9.17, 15) is 10.2 Å². The first-order valence-corrected chi connectivity index (χ1v) is 3.67. The van der Waals surface area contributed by atoms with E-state index < -0.39 is 5.79 Å². The van der Waals surface area contributed by atoms with Crippen LogP contribution in [-0.4, -0.2) is 10.2 Å². The van der Waals surface area contributed by atoms with E-state index in [-0.39, 0.29) is 7.43 Å². The van der Waals surface area contributed by atoms with Gasteiger partial charge >= 0.3 is 0 Å². The van der Waals surface area contributed by atoms with Crippen molar-refractivity contribution in [3.8, 4) is 0 Å². The molecule has 0 aliphatic rings. The molecule has 0 aliphatic carbocycles. The van der Waals surface area contributed by atoms with Crippen molar-refractivity contribution < 1.29 is 10.2 Å². The molecule has 0 saturated heterocycles. The molecule has 68 valence electrons. The fraction of sp³-hybridized carbons (Fsp3) is 0.400. The maximum atomic E-state index is 9.35. The van der Waals surface area contributed by atoms with E-state index in [2.05, 4.69) is 0 Å². The molecule has 2 N–H and O–H groups in total. The van der Waals surface area contributed by atoms with Crippen LogP contribution in [-0.2, 0) is 5.79 Å². The fourth-order valence-corrected chi connectivity index (χ4v) is 0.909. The van der Waals surface area contributed by atoms with Crippen LogP contribution in [0, 0.1) is 0 Å². The van der Waals surface area contributed by atoms with Gasteiger partial charge in [0.1, 0.15) is 0 Å². The highest BCUT2D eigenvalue weighted by molar-refractivity contribution is 5.19. The predicted octanol–water partition coefficient (Wildman–Crippen LogP) is 1.87. The summed E-state index contributed by atoms with van der Waals surface area (Å²) in [5.74, 6) is -1.67. The Labute approximate surface area is 73.5 Å². The molecule has 0 unspecified atom stereocenters.